The molecule has 4 aliphatic heterocycles. The van der Waals surface area contributed by atoms with E-state index < -0.39 is 35.3 Å². The molecule has 0 unspecified atom stereocenters. The average Bonchev–Trinajstić information content (AvgIpc) is 3.58. The number of phenols is 1. The number of hydrogen-bond acceptors (Lipinski definition) is 9. The molecule has 1 saturated heterocycles. The van der Waals surface area contributed by atoms with Gasteiger partial charge in [0.25, 0.3) is 0 Å². The maximum atomic E-state index is 13.0. The number of fused-ring (bicyclic) bond motifs is 3. The molecule has 2 amide bonds. The Morgan fingerprint density at radius 1 is 1.08 bits per heavy atom. The van der Waals surface area contributed by atoms with Crippen LogP contribution in [0.15, 0.2) is 30.3 Å². The van der Waals surface area contributed by atoms with Crippen molar-refractivity contribution in [1.29, 1.82) is 0 Å². The third-order valence-corrected chi connectivity index (χ3v) is 8.47. The molecule has 2 N–H and O–H groups in total. The van der Waals surface area contributed by atoms with Gasteiger partial charge in [-0.05, 0) is 42.5 Å². The summed E-state index contributed by atoms with van der Waals surface area (Å²) in [5.74, 6) is -0.314. The van der Waals surface area contributed by atoms with Crippen LogP contribution in [0.3, 0.4) is 0 Å². The molecule has 3 atom stereocenters. The molecule has 2 aromatic carbocycles. The molecule has 1 fully saturated rings. The Kier molecular flexibility index (Phi) is 5.37. The fourth-order valence-corrected chi connectivity index (χ4v) is 6.94. The zero-order chi connectivity index (χ0) is 26.8. The number of piperidine rings is 1. The van der Waals surface area contributed by atoms with Crippen molar-refractivity contribution < 1.29 is 38.4 Å². The zero-order valence-electron chi connectivity index (χ0n) is 21.4. The lowest BCUT2D eigenvalue weighted by atomic mass is 9.63. The molecule has 38 heavy (non-hydrogen) atoms. The Morgan fingerprint density at radius 3 is 2.58 bits per heavy atom. The Balaban J connectivity index is 1.57. The Bertz CT molecular complexity index is 1360. The van der Waals surface area contributed by atoms with Crippen LogP contribution >= 0.6 is 0 Å². The minimum atomic E-state index is -1.25. The van der Waals surface area contributed by atoms with E-state index in [9.17, 15) is 19.5 Å². The third-order valence-electron chi connectivity index (χ3n) is 8.47. The maximum Gasteiger partial charge on any atom is 0.414 e. The van der Waals surface area contributed by atoms with Crippen molar-refractivity contribution >= 4 is 29.5 Å². The van der Waals surface area contributed by atoms with Gasteiger partial charge in [0.1, 0.15) is 0 Å². The van der Waals surface area contributed by atoms with Crippen molar-refractivity contribution in [1.82, 2.24) is 4.90 Å². The van der Waals surface area contributed by atoms with Crippen LogP contribution in [0.5, 0.6) is 11.5 Å². The molecule has 200 valence electrons. The van der Waals surface area contributed by atoms with Gasteiger partial charge in [-0.1, -0.05) is 18.2 Å². The van der Waals surface area contributed by atoms with E-state index in [0.29, 0.717) is 31.6 Å². The molecule has 0 bridgehead atoms. The Hall–Kier alpha value is -4.15. The van der Waals surface area contributed by atoms with Crippen LogP contribution in [0.2, 0.25) is 0 Å². The van der Waals surface area contributed by atoms with Gasteiger partial charge in [-0.15, -0.1) is 0 Å². The van der Waals surface area contributed by atoms with E-state index in [-0.39, 0.29) is 24.3 Å². The minimum absolute atomic E-state index is 0.0445. The summed E-state index contributed by atoms with van der Waals surface area (Å²) in [6.07, 6.45) is 0.192. The molecule has 4 aliphatic rings. The van der Waals surface area contributed by atoms with E-state index in [4.69, 9.17) is 18.9 Å². The van der Waals surface area contributed by atoms with E-state index in [1.54, 1.807) is 4.90 Å². The third kappa shape index (κ3) is 2.92. The van der Waals surface area contributed by atoms with Gasteiger partial charge < -0.3 is 29.4 Å². The first kappa shape index (κ1) is 24.2. The molecule has 0 aliphatic carbocycles. The van der Waals surface area contributed by atoms with Crippen LogP contribution in [0.25, 0.3) is 0 Å². The largest absolute Gasteiger partial charge is 0.503 e. The van der Waals surface area contributed by atoms with Crippen LogP contribution < -0.4 is 15.0 Å². The lowest BCUT2D eigenvalue weighted by molar-refractivity contribution is -0.141. The summed E-state index contributed by atoms with van der Waals surface area (Å²) in [6.45, 7) is 0.717. The molecule has 0 aromatic heterocycles. The van der Waals surface area contributed by atoms with Crippen molar-refractivity contribution in [2.75, 3.05) is 44.6 Å². The van der Waals surface area contributed by atoms with Crippen molar-refractivity contribution in [3.63, 3.8) is 0 Å². The molecular formula is C27H29N3O8. The van der Waals surface area contributed by atoms with Crippen molar-refractivity contribution in [2.45, 2.75) is 42.9 Å². The smallest absolute Gasteiger partial charge is 0.414 e. The zero-order valence-corrected chi connectivity index (χ0v) is 21.4. The van der Waals surface area contributed by atoms with Gasteiger partial charge in [-0.3, -0.25) is 14.6 Å². The number of carbonyl (C=O) groups is 3. The molecule has 0 radical (unpaired) electrons. The number of para-hydroxylation sites is 1. The SMILES string of the molecule is COC(=O)CC[C@@H]1N(C(=O)OC)CC[C@]23c4ccccc4N[C@]12Oc1c3cc2c(c1O)N(C(=O)OC)CC2. The van der Waals surface area contributed by atoms with Gasteiger partial charge in [0, 0.05) is 30.8 Å². The number of carbonyl (C=O) groups excluding carboxylic acids is 3. The molecule has 6 rings (SSSR count). The van der Waals surface area contributed by atoms with Crippen LogP contribution in [-0.4, -0.2) is 74.3 Å². The first-order valence-corrected chi connectivity index (χ1v) is 12.6. The molecule has 0 saturated carbocycles. The summed E-state index contributed by atoms with van der Waals surface area (Å²) >= 11 is 0. The highest BCUT2D eigenvalue weighted by Gasteiger charge is 2.73. The number of benzene rings is 2. The minimum Gasteiger partial charge on any atom is -0.503 e. The second-order valence-corrected chi connectivity index (χ2v) is 9.94. The van der Waals surface area contributed by atoms with Crippen LogP contribution in [0.4, 0.5) is 21.0 Å². The average molecular weight is 524 g/mol. The lowest BCUT2D eigenvalue weighted by Gasteiger charge is -2.52. The number of aromatic hydroxyl groups is 1. The van der Waals surface area contributed by atoms with Crippen molar-refractivity contribution in [3.05, 3.63) is 47.0 Å². The highest BCUT2D eigenvalue weighted by molar-refractivity contribution is 5.94. The van der Waals surface area contributed by atoms with E-state index in [2.05, 4.69) is 5.32 Å². The number of nitrogens with zero attached hydrogens (tertiary/aromatic N) is 2. The first-order chi connectivity index (χ1) is 18.3. The van der Waals surface area contributed by atoms with Gasteiger partial charge in [-0.2, -0.15) is 0 Å². The highest BCUT2D eigenvalue weighted by Crippen LogP contribution is 2.67. The number of hydrogen-bond donors (Lipinski definition) is 2. The number of anilines is 2. The fraction of sp³-hybridized carbons (Fsp3) is 0.444. The number of rotatable bonds is 3. The van der Waals surface area contributed by atoms with Gasteiger partial charge in [0.05, 0.1) is 38.5 Å². The predicted octanol–water partition coefficient (Wildman–Crippen LogP) is 3.12. The first-order valence-electron chi connectivity index (χ1n) is 12.6. The second kappa shape index (κ2) is 8.44. The van der Waals surface area contributed by atoms with E-state index in [1.807, 2.05) is 30.3 Å². The molecule has 11 nitrogen and oxygen atoms in total. The Morgan fingerprint density at radius 2 is 1.84 bits per heavy atom. The topological polar surface area (TPSA) is 127 Å². The predicted molar refractivity (Wildman–Crippen MR) is 135 cm³/mol. The molecule has 11 heteroatoms. The molecule has 2 aromatic rings. The number of likely N-dealkylation sites (tertiary alicyclic amines) is 1. The second-order valence-electron chi connectivity index (χ2n) is 9.94. The molecular weight excluding hydrogens is 494 g/mol. The fourth-order valence-electron chi connectivity index (χ4n) is 6.94. The number of nitrogens with one attached hydrogen (secondary N) is 1. The number of amides is 2. The van der Waals surface area contributed by atoms with Crippen LogP contribution in [0, 0.1) is 0 Å². The number of esters is 1. The lowest BCUT2D eigenvalue weighted by Crippen LogP contribution is -2.71. The van der Waals surface area contributed by atoms with Gasteiger partial charge >= 0.3 is 18.2 Å². The summed E-state index contributed by atoms with van der Waals surface area (Å²) in [4.78, 5) is 40.7. The van der Waals surface area contributed by atoms with Crippen LogP contribution in [0.1, 0.15) is 36.0 Å². The van der Waals surface area contributed by atoms with Crippen LogP contribution in [-0.2, 0) is 30.8 Å². The summed E-state index contributed by atoms with van der Waals surface area (Å²) < 4.78 is 21.7. The van der Waals surface area contributed by atoms with Gasteiger partial charge in [0.15, 0.2) is 11.5 Å². The molecule has 0 spiro atoms. The number of phenolic OH excluding ortho intramolecular Hbond substituents is 1. The summed E-state index contributed by atoms with van der Waals surface area (Å²) in [6, 6.07) is 9.20. The summed E-state index contributed by atoms with van der Waals surface area (Å²) in [5, 5.41) is 15.1. The quantitative estimate of drug-likeness (QED) is 0.461. The van der Waals surface area contributed by atoms with Crippen molar-refractivity contribution in [2.24, 2.45) is 0 Å². The Labute approximate surface area is 219 Å². The maximum absolute atomic E-state index is 13.0. The van der Waals surface area contributed by atoms with E-state index in [1.165, 1.54) is 26.2 Å². The van der Waals surface area contributed by atoms with Gasteiger partial charge in [0.2, 0.25) is 5.72 Å². The standard InChI is InChI=1S/C27H29N3O8/c1-35-20(31)9-8-19-27-26(11-13-29(19)24(33)36-2,16-6-4-5-7-18(16)28-27)17-14-15-10-12-30(25(34)37-3)21(15)22(32)23(17)38-27/h4-7,14,19,28,32H,8-13H2,1-3H3/t19-,26+,27-/m0/s1. The van der Waals surface area contributed by atoms with E-state index >= 15 is 0 Å². The highest BCUT2D eigenvalue weighted by atomic mass is 16.6. The van der Waals surface area contributed by atoms with E-state index in [0.717, 1.165) is 22.4 Å². The monoisotopic (exact) mass is 523 g/mol. The molecule has 4 heterocycles. The van der Waals surface area contributed by atoms with Crippen molar-refractivity contribution in [3.8, 4) is 11.5 Å². The summed E-state index contributed by atoms with van der Waals surface area (Å²) in [7, 11) is 3.94. The summed E-state index contributed by atoms with van der Waals surface area (Å²) in [5.41, 5.74) is 1.76. The number of methoxy groups -OCH3 is 3. The number of ether oxygens (including phenoxy) is 4. The normalized spacial score (nSPS) is 25.7. The van der Waals surface area contributed by atoms with Gasteiger partial charge in [-0.25, -0.2) is 9.59 Å².